The molecule has 0 saturated carbocycles. The van der Waals surface area contributed by atoms with Gasteiger partial charge in [-0.05, 0) is 36.1 Å². The Balaban J connectivity index is 2.03. The Morgan fingerprint density at radius 1 is 1.48 bits per heavy atom. The van der Waals surface area contributed by atoms with E-state index in [1.54, 1.807) is 29.1 Å². The van der Waals surface area contributed by atoms with Crippen molar-refractivity contribution in [1.82, 2.24) is 9.78 Å². The average molecular weight is 355 g/mol. The number of fused-ring (bicyclic) bond motifs is 1. The first-order valence-corrected chi connectivity index (χ1v) is 7.79. The Morgan fingerprint density at radius 2 is 2.26 bits per heavy atom. The van der Waals surface area contributed by atoms with E-state index in [0.29, 0.717) is 28.7 Å². The minimum atomic E-state index is -1.31. The van der Waals surface area contributed by atoms with E-state index >= 15 is 0 Å². The maximum atomic E-state index is 14.2. The second-order valence-corrected chi connectivity index (χ2v) is 6.20. The minimum absolute atomic E-state index is 0.154. The monoisotopic (exact) mass is 354 g/mol. The number of nitrogens with zero attached hydrogens (tertiary/aromatic N) is 2. The maximum Gasteiger partial charge on any atom is 0.328 e. The Hall–Kier alpha value is -1.85. The third-order valence-electron chi connectivity index (χ3n) is 3.81. The summed E-state index contributed by atoms with van der Waals surface area (Å²) in [6, 6.07) is 5.11. The van der Waals surface area contributed by atoms with Gasteiger partial charge in [-0.25, -0.2) is 9.18 Å². The molecule has 3 rings (SSSR count). The first kappa shape index (κ1) is 16.0. The van der Waals surface area contributed by atoms with Crippen LogP contribution in [0.5, 0.6) is 0 Å². The third-order valence-corrected chi connectivity index (χ3v) is 4.39. The molecule has 1 heterocycles. The molecule has 0 amide bonds. The van der Waals surface area contributed by atoms with E-state index in [1.807, 2.05) is 0 Å². The lowest BCUT2D eigenvalue weighted by Gasteiger charge is -2.21. The van der Waals surface area contributed by atoms with Crippen LogP contribution >= 0.6 is 23.2 Å². The van der Waals surface area contributed by atoms with Crippen LogP contribution in [0.3, 0.4) is 0 Å². The largest absolute Gasteiger partial charge is 0.478 e. The second-order valence-electron chi connectivity index (χ2n) is 5.36. The van der Waals surface area contributed by atoms with Crippen molar-refractivity contribution in [2.75, 3.05) is 0 Å². The fraction of sp³-hybridized carbons (Fsp3) is 0.250. The number of carbonyl (C=O) groups is 1. The molecular formula is C16H13Cl2FN2O2. The molecule has 0 spiro atoms. The molecule has 0 bridgehead atoms. The minimum Gasteiger partial charge on any atom is -0.478 e. The van der Waals surface area contributed by atoms with Crippen LogP contribution in [0.1, 0.15) is 23.2 Å². The number of alkyl halides is 1. The smallest absolute Gasteiger partial charge is 0.328 e. The number of aryl methyl sites for hydroxylation is 1. The van der Waals surface area contributed by atoms with E-state index in [9.17, 15) is 9.18 Å². The molecule has 1 N–H and O–H groups in total. The number of carboxylic acid groups (broad SMARTS) is 1. The maximum absolute atomic E-state index is 14.2. The second kappa shape index (κ2) is 6.34. The molecular weight excluding hydrogens is 342 g/mol. The zero-order chi connectivity index (χ0) is 16.6. The van der Waals surface area contributed by atoms with Crippen molar-refractivity contribution in [2.45, 2.75) is 25.6 Å². The number of allylic oxidation sites excluding steroid dienone is 1. The predicted octanol–water partition coefficient (Wildman–Crippen LogP) is 3.99. The number of aromatic nitrogens is 2. The summed E-state index contributed by atoms with van der Waals surface area (Å²) in [6.45, 7) is 0.314. The van der Waals surface area contributed by atoms with Crippen LogP contribution in [-0.4, -0.2) is 27.0 Å². The molecule has 0 fully saturated rings. The zero-order valence-corrected chi connectivity index (χ0v) is 13.5. The van der Waals surface area contributed by atoms with Crippen LogP contribution < -0.4 is 0 Å². The van der Waals surface area contributed by atoms with Crippen molar-refractivity contribution < 1.29 is 14.3 Å². The summed E-state index contributed by atoms with van der Waals surface area (Å²) in [5.41, 5.74) is 2.30. The summed E-state index contributed by atoms with van der Waals surface area (Å²) in [4.78, 5) is 11.0. The highest BCUT2D eigenvalue weighted by Gasteiger charge is 2.28. The van der Waals surface area contributed by atoms with Gasteiger partial charge in [0, 0.05) is 21.7 Å². The van der Waals surface area contributed by atoms with Gasteiger partial charge in [-0.1, -0.05) is 29.3 Å². The lowest BCUT2D eigenvalue weighted by atomic mass is 9.91. The van der Waals surface area contributed by atoms with E-state index in [1.165, 1.54) is 0 Å². The van der Waals surface area contributed by atoms with Crippen molar-refractivity contribution >= 4 is 34.7 Å². The summed E-state index contributed by atoms with van der Waals surface area (Å²) in [5, 5.41) is 14.3. The Labute approximate surface area is 142 Å². The van der Waals surface area contributed by atoms with Crippen molar-refractivity contribution in [3.8, 4) is 0 Å². The number of benzene rings is 1. The van der Waals surface area contributed by atoms with Gasteiger partial charge in [0.1, 0.15) is 6.17 Å². The summed E-state index contributed by atoms with van der Waals surface area (Å²) in [7, 11) is 0. The quantitative estimate of drug-likeness (QED) is 0.847. The molecule has 1 unspecified atom stereocenters. The van der Waals surface area contributed by atoms with Crippen LogP contribution in [0.4, 0.5) is 4.39 Å². The molecule has 0 radical (unpaired) electrons. The van der Waals surface area contributed by atoms with Gasteiger partial charge < -0.3 is 5.11 Å². The van der Waals surface area contributed by atoms with Gasteiger partial charge in [0.2, 0.25) is 0 Å². The van der Waals surface area contributed by atoms with Crippen molar-refractivity contribution in [3.63, 3.8) is 0 Å². The normalized spacial score (nSPS) is 18.9. The van der Waals surface area contributed by atoms with Crippen LogP contribution in [0.2, 0.25) is 10.0 Å². The first-order chi connectivity index (χ1) is 11.0. The van der Waals surface area contributed by atoms with E-state index in [2.05, 4.69) is 5.10 Å². The lowest BCUT2D eigenvalue weighted by molar-refractivity contribution is -0.131. The molecule has 1 atom stereocenters. The Bertz CT molecular complexity index is 801. The number of aliphatic carboxylic acids is 1. The van der Waals surface area contributed by atoms with Crippen LogP contribution in [-0.2, 0) is 17.8 Å². The van der Waals surface area contributed by atoms with Crippen molar-refractivity contribution in [2.24, 2.45) is 0 Å². The molecule has 23 heavy (non-hydrogen) atoms. The van der Waals surface area contributed by atoms with Crippen LogP contribution in [0.15, 0.2) is 30.5 Å². The molecule has 7 heteroatoms. The zero-order valence-electron chi connectivity index (χ0n) is 12.0. The summed E-state index contributed by atoms with van der Waals surface area (Å²) in [5.74, 6) is -1.17. The highest BCUT2D eigenvalue weighted by Crippen LogP contribution is 2.34. The number of hydrogen-bond acceptors (Lipinski definition) is 2. The predicted molar refractivity (Wildman–Crippen MR) is 86.6 cm³/mol. The van der Waals surface area contributed by atoms with Gasteiger partial charge in [0.05, 0.1) is 18.4 Å². The van der Waals surface area contributed by atoms with E-state index in [0.717, 1.165) is 17.2 Å². The van der Waals surface area contributed by atoms with Gasteiger partial charge in [-0.3, -0.25) is 4.68 Å². The molecule has 0 saturated heterocycles. The van der Waals surface area contributed by atoms with E-state index < -0.39 is 12.1 Å². The van der Waals surface area contributed by atoms with E-state index in [-0.39, 0.29) is 12.0 Å². The number of halogens is 3. The standard InChI is InChI=1S/C16H13Cl2FN2O2/c17-11-3-1-10(13(18)5-11)8-21-16-9(7-20-21)2-4-14(19)12(16)6-15(22)23/h1,3,5-7,14H,2,4,8H2,(H,22,23). The molecule has 1 aromatic carbocycles. The summed E-state index contributed by atoms with van der Waals surface area (Å²) >= 11 is 12.1. The van der Waals surface area contributed by atoms with Gasteiger partial charge in [0.15, 0.2) is 0 Å². The number of carboxylic acids is 1. The van der Waals surface area contributed by atoms with E-state index in [4.69, 9.17) is 28.3 Å². The van der Waals surface area contributed by atoms with Gasteiger partial charge in [-0.15, -0.1) is 0 Å². The average Bonchev–Trinajstić information content (AvgIpc) is 2.88. The molecule has 1 aliphatic rings. The van der Waals surface area contributed by atoms with Crippen molar-refractivity contribution in [1.29, 1.82) is 0 Å². The third kappa shape index (κ3) is 3.26. The highest BCUT2D eigenvalue weighted by molar-refractivity contribution is 6.35. The Kier molecular flexibility index (Phi) is 4.41. The van der Waals surface area contributed by atoms with Crippen molar-refractivity contribution in [3.05, 3.63) is 57.3 Å². The van der Waals surface area contributed by atoms with Gasteiger partial charge in [0.25, 0.3) is 0 Å². The highest BCUT2D eigenvalue weighted by atomic mass is 35.5. The van der Waals surface area contributed by atoms with Crippen LogP contribution in [0, 0.1) is 0 Å². The fourth-order valence-corrected chi connectivity index (χ4v) is 3.22. The van der Waals surface area contributed by atoms with Gasteiger partial charge in [-0.2, -0.15) is 5.10 Å². The fourth-order valence-electron chi connectivity index (χ4n) is 2.75. The van der Waals surface area contributed by atoms with Crippen LogP contribution in [0.25, 0.3) is 5.57 Å². The van der Waals surface area contributed by atoms with Gasteiger partial charge >= 0.3 is 5.97 Å². The summed E-state index contributed by atoms with van der Waals surface area (Å²) < 4.78 is 15.8. The molecule has 0 aliphatic heterocycles. The molecule has 1 aliphatic carbocycles. The molecule has 1 aromatic heterocycles. The summed E-state index contributed by atoms with van der Waals surface area (Å²) in [6.07, 6.45) is 2.06. The number of hydrogen-bond donors (Lipinski definition) is 1. The number of rotatable bonds is 3. The Morgan fingerprint density at radius 3 is 2.96 bits per heavy atom. The molecule has 120 valence electrons. The first-order valence-electron chi connectivity index (χ1n) is 7.03. The lowest BCUT2D eigenvalue weighted by Crippen LogP contribution is -2.18. The SMILES string of the molecule is O=C(O)C=C1c2c(cnn2Cc2ccc(Cl)cc2Cl)CCC1F. The molecule has 2 aromatic rings. The topological polar surface area (TPSA) is 55.1 Å². The molecule has 4 nitrogen and oxygen atoms in total.